The van der Waals surface area contributed by atoms with E-state index in [0.717, 1.165) is 5.57 Å². The second-order valence-corrected chi connectivity index (χ2v) is 6.53. The van der Waals surface area contributed by atoms with Gasteiger partial charge in [-0.2, -0.15) is 4.98 Å². The van der Waals surface area contributed by atoms with Gasteiger partial charge in [0, 0.05) is 11.6 Å². The molecular weight excluding hydrogens is 386 g/mol. The maximum atomic E-state index is 12.4. The number of hydrogen-bond acceptors (Lipinski definition) is 7. The molecule has 0 saturated carbocycles. The molecule has 8 nitrogen and oxygen atoms in total. The van der Waals surface area contributed by atoms with Gasteiger partial charge in [0.2, 0.25) is 11.7 Å². The van der Waals surface area contributed by atoms with Crippen LogP contribution >= 0.6 is 0 Å². The van der Waals surface area contributed by atoms with Gasteiger partial charge < -0.3 is 24.1 Å². The highest BCUT2D eigenvalue weighted by Crippen LogP contribution is 2.31. The predicted octanol–water partition coefficient (Wildman–Crippen LogP) is 3.64. The lowest BCUT2D eigenvalue weighted by atomic mass is 10.2. The molecule has 0 aliphatic heterocycles. The Hall–Kier alpha value is -3.81. The molecule has 0 saturated heterocycles. The quantitative estimate of drug-likeness (QED) is 0.539. The number of benzene rings is 2. The summed E-state index contributed by atoms with van der Waals surface area (Å²) in [6.07, 6.45) is 0. The number of methoxy groups -OCH3 is 2. The first-order valence-electron chi connectivity index (χ1n) is 9.20. The van der Waals surface area contributed by atoms with E-state index in [1.165, 1.54) is 0 Å². The van der Waals surface area contributed by atoms with Gasteiger partial charge in [0.15, 0.2) is 0 Å². The van der Waals surface area contributed by atoms with Crippen molar-refractivity contribution >= 4 is 5.91 Å². The van der Waals surface area contributed by atoms with Crippen molar-refractivity contribution in [3.63, 3.8) is 0 Å². The molecule has 156 valence electrons. The number of aromatic nitrogens is 2. The van der Waals surface area contributed by atoms with E-state index in [2.05, 4.69) is 22.0 Å². The zero-order valence-electron chi connectivity index (χ0n) is 17.1. The van der Waals surface area contributed by atoms with Gasteiger partial charge in [0.05, 0.1) is 26.3 Å². The van der Waals surface area contributed by atoms with E-state index in [0.29, 0.717) is 40.8 Å². The first-order valence-corrected chi connectivity index (χ1v) is 9.20. The highest BCUT2D eigenvalue weighted by molar-refractivity contribution is 5.94. The van der Waals surface area contributed by atoms with Gasteiger partial charge in [0.25, 0.3) is 5.91 Å². The van der Waals surface area contributed by atoms with Gasteiger partial charge in [-0.3, -0.25) is 4.79 Å². The van der Waals surface area contributed by atoms with Gasteiger partial charge in [-0.1, -0.05) is 17.8 Å². The van der Waals surface area contributed by atoms with Crippen LogP contribution in [-0.4, -0.2) is 36.9 Å². The van der Waals surface area contributed by atoms with Crippen LogP contribution in [0.5, 0.6) is 17.2 Å². The molecule has 0 aliphatic rings. The Morgan fingerprint density at radius 2 is 1.97 bits per heavy atom. The SMILES string of the molecule is C=C(C)COc1cccc(C(=O)NCc2nc(-c3ccc(OC)cc3OC)no2)c1. The minimum atomic E-state index is -0.280. The van der Waals surface area contributed by atoms with E-state index in [4.69, 9.17) is 18.7 Å². The Balaban J connectivity index is 1.65. The second-order valence-electron chi connectivity index (χ2n) is 6.53. The Labute approximate surface area is 174 Å². The lowest BCUT2D eigenvalue weighted by Gasteiger charge is -2.08. The molecule has 1 N–H and O–H groups in total. The van der Waals surface area contributed by atoms with Crippen LogP contribution in [0.4, 0.5) is 0 Å². The largest absolute Gasteiger partial charge is 0.497 e. The summed E-state index contributed by atoms with van der Waals surface area (Å²) in [7, 11) is 3.12. The average Bonchev–Trinajstić information content (AvgIpc) is 3.24. The van der Waals surface area contributed by atoms with Crippen LogP contribution in [0.15, 0.2) is 59.1 Å². The Morgan fingerprint density at radius 3 is 2.70 bits per heavy atom. The Morgan fingerprint density at radius 1 is 1.13 bits per heavy atom. The molecular formula is C22H23N3O5. The van der Waals surface area contributed by atoms with Gasteiger partial charge in [-0.25, -0.2) is 0 Å². The third-order valence-corrected chi connectivity index (χ3v) is 4.10. The van der Waals surface area contributed by atoms with Crippen LogP contribution in [0, 0.1) is 0 Å². The van der Waals surface area contributed by atoms with Gasteiger partial charge in [-0.15, -0.1) is 0 Å². The standard InChI is InChI=1S/C22H23N3O5/c1-14(2)13-29-17-7-5-6-15(10-17)22(26)23-12-20-24-21(25-30-20)18-9-8-16(27-3)11-19(18)28-4/h5-11H,1,12-13H2,2-4H3,(H,23,26). The van der Waals surface area contributed by atoms with Crippen LogP contribution in [-0.2, 0) is 6.54 Å². The molecule has 0 spiro atoms. The van der Waals surface area contributed by atoms with Crippen molar-refractivity contribution in [2.75, 3.05) is 20.8 Å². The van der Waals surface area contributed by atoms with E-state index >= 15 is 0 Å². The maximum Gasteiger partial charge on any atom is 0.251 e. The number of hydrogen-bond donors (Lipinski definition) is 1. The molecule has 0 bridgehead atoms. The summed E-state index contributed by atoms with van der Waals surface area (Å²) in [5.74, 6) is 2.15. The molecule has 1 amide bonds. The number of amides is 1. The van der Waals surface area contributed by atoms with Gasteiger partial charge >= 0.3 is 0 Å². The van der Waals surface area contributed by atoms with Gasteiger partial charge in [0.1, 0.15) is 23.9 Å². The lowest BCUT2D eigenvalue weighted by molar-refractivity contribution is 0.0946. The van der Waals surface area contributed by atoms with Crippen molar-refractivity contribution in [2.45, 2.75) is 13.5 Å². The minimum Gasteiger partial charge on any atom is -0.497 e. The molecule has 0 atom stereocenters. The summed E-state index contributed by atoms with van der Waals surface area (Å²) < 4.78 is 21.4. The molecule has 2 aromatic carbocycles. The van der Waals surface area contributed by atoms with Crippen LogP contribution in [0.25, 0.3) is 11.4 Å². The number of rotatable bonds is 9. The summed E-state index contributed by atoms with van der Waals surface area (Å²) in [5.41, 5.74) is 2.01. The first-order chi connectivity index (χ1) is 14.5. The smallest absolute Gasteiger partial charge is 0.251 e. The number of carbonyl (C=O) groups excluding carboxylic acids is 1. The maximum absolute atomic E-state index is 12.4. The molecule has 1 heterocycles. The second kappa shape index (κ2) is 9.60. The van der Waals surface area contributed by atoms with Crippen molar-refractivity contribution in [2.24, 2.45) is 0 Å². The number of nitrogens with one attached hydrogen (secondary N) is 1. The van der Waals surface area contributed by atoms with E-state index in [1.807, 2.05) is 6.92 Å². The first kappa shape index (κ1) is 20.9. The van der Waals surface area contributed by atoms with Crippen molar-refractivity contribution in [3.05, 3.63) is 66.1 Å². The Kier molecular flexibility index (Phi) is 6.69. The monoisotopic (exact) mass is 409 g/mol. The van der Waals surface area contributed by atoms with Crippen LogP contribution in [0.3, 0.4) is 0 Å². The molecule has 0 fully saturated rings. The topological polar surface area (TPSA) is 95.7 Å². The number of ether oxygens (including phenoxy) is 3. The normalized spacial score (nSPS) is 10.4. The van der Waals surface area contributed by atoms with Crippen molar-refractivity contribution in [1.29, 1.82) is 0 Å². The lowest BCUT2D eigenvalue weighted by Crippen LogP contribution is -2.23. The highest BCUT2D eigenvalue weighted by atomic mass is 16.5. The van der Waals surface area contributed by atoms with E-state index < -0.39 is 0 Å². The third-order valence-electron chi connectivity index (χ3n) is 4.10. The predicted molar refractivity (Wildman–Crippen MR) is 111 cm³/mol. The molecule has 0 unspecified atom stereocenters. The minimum absolute atomic E-state index is 0.0845. The van der Waals surface area contributed by atoms with Crippen LogP contribution < -0.4 is 19.5 Å². The fourth-order valence-corrected chi connectivity index (χ4v) is 2.61. The number of carbonyl (C=O) groups is 1. The molecule has 1 aromatic heterocycles. The average molecular weight is 409 g/mol. The summed E-state index contributed by atoms with van der Waals surface area (Å²) in [5, 5.41) is 6.73. The van der Waals surface area contributed by atoms with E-state index in [9.17, 15) is 4.79 Å². The zero-order valence-corrected chi connectivity index (χ0v) is 17.1. The highest BCUT2D eigenvalue weighted by Gasteiger charge is 2.15. The van der Waals surface area contributed by atoms with E-state index in [1.54, 1.807) is 56.7 Å². The van der Waals surface area contributed by atoms with Crippen molar-refractivity contribution in [3.8, 4) is 28.6 Å². The third kappa shape index (κ3) is 5.16. The molecule has 8 heteroatoms. The summed E-state index contributed by atoms with van der Waals surface area (Å²) in [6.45, 7) is 6.14. The van der Waals surface area contributed by atoms with E-state index in [-0.39, 0.29) is 18.3 Å². The number of nitrogens with zero attached hydrogens (tertiary/aromatic N) is 2. The summed E-state index contributed by atoms with van der Waals surface area (Å²) in [4.78, 5) is 16.8. The molecule has 3 rings (SSSR count). The van der Waals surface area contributed by atoms with Crippen LogP contribution in [0.2, 0.25) is 0 Å². The van der Waals surface area contributed by atoms with Crippen LogP contribution in [0.1, 0.15) is 23.2 Å². The molecule has 0 radical (unpaired) electrons. The molecule has 3 aromatic rings. The Bertz CT molecular complexity index is 1040. The van der Waals surface area contributed by atoms with Crippen molar-refractivity contribution in [1.82, 2.24) is 15.5 Å². The van der Waals surface area contributed by atoms with Gasteiger partial charge in [-0.05, 0) is 42.8 Å². The zero-order chi connectivity index (χ0) is 21.5. The fraction of sp³-hybridized carbons (Fsp3) is 0.227. The fourth-order valence-electron chi connectivity index (χ4n) is 2.61. The molecule has 30 heavy (non-hydrogen) atoms. The molecule has 0 aliphatic carbocycles. The van der Waals surface area contributed by atoms with Crippen molar-refractivity contribution < 1.29 is 23.5 Å². The summed E-state index contributed by atoms with van der Waals surface area (Å²) in [6, 6.07) is 12.2. The summed E-state index contributed by atoms with van der Waals surface area (Å²) >= 11 is 0.